The van der Waals surface area contributed by atoms with Crippen LogP contribution in [0.2, 0.25) is 5.15 Å². The van der Waals surface area contributed by atoms with Crippen LogP contribution in [0, 0.1) is 12.3 Å². The summed E-state index contributed by atoms with van der Waals surface area (Å²) in [6.45, 7) is 0.620. The Morgan fingerprint density at radius 3 is 2.94 bits per heavy atom. The largest absolute Gasteiger partial charge is 0.497 e. The van der Waals surface area contributed by atoms with Gasteiger partial charge in [0.05, 0.1) is 19.2 Å². The van der Waals surface area contributed by atoms with Gasteiger partial charge >= 0.3 is 0 Å². The highest BCUT2D eigenvalue weighted by atomic mass is 35.5. The van der Waals surface area contributed by atoms with Crippen LogP contribution in [0.15, 0.2) is 24.3 Å². The summed E-state index contributed by atoms with van der Waals surface area (Å²) >= 11 is 6.09. The van der Waals surface area contributed by atoms with Crippen molar-refractivity contribution in [1.29, 1.82) is 0 Å². The molecule has 0 aliphatic carbocycles. The zero-order chi connectivity index (χ0) is 13.0. The lowest BCUT2D eigenvalue weighted by molar-refractivity contribution is 0.153. The van der Waals surface area contributed by atoms with E-state index in [0.717, 1.165) is 22.2 Å². The van der Waals surface area contributed by atoms with Gasteiger partial charge < -0.3 is 9.47 Å². The number of hydrogen-bond acceptors (Lipinski definition) is 3. The second-order valence-corrected chi connectivity index (χ2v) is 4.05. The number of pyridine rings is 1. The molecule has 0 radical (unpaired) electrons. The van der Waals surface area contributed by atoms with Crippen molar-refractivity contribution in [3.63, 3.8) is 0 Å². The molecule has 1 aromatic heterocycles. The molecule has 1 heterocycles. The Morgan fingerprint density at radius 1 is 1.39 bits per heavy atom. The minimum atomic E-state index is 0.261. The van der Waals surface area contributed by atoms with Gasteiger partial charge in [-0.3, -0.25) is 0 Å². The monoisotopic (exact) mass is 261 g/mol. The average molecular weight is 262 g/mol. The molecule has 0 amide bonds. The van der Waals surface area contributed by atoms with Gasteiger partial charge in [0.15, 0.2) is 0 Å². The standard InChI is InChI=1S/C14H12ClNO2/c1-3-6-18-9-11-7-10-4-5-12(17-2)8-13(10)16-14(11)15/h1,4-5,7-8H,6,9H2,2H3. The maximum Gasteiger partial charge on any atom is 0.135 e. The van der Waals surface area contributed by atoms with Gasteiger partial charge in [0.2, 0.25) is 0 Å². The van der Waals surface area contributed by atoms with Crippen molar-refractivity contribution in [2.24, 2.45) is 0 Å². The van der Waals surface area contributed by atoms with Gasteiger partial charge in [0.25, 0.3) is 0 Å². The maximum absolute atomic E-state index is 6.09. The zero-order valence-electron chi connectivity index (χ0n) is 9.94. The lowest BCUT2D eigenvalue weighted by Crippen LogP contribution is -1.96. The molecular formula is C14H12ClNO2. The van der Waals surface area contributed by atoms with Crippen molar-refractivity contribution >= 4 is 22.5 Å². The molecule has 0 atom stereocenters. The third-order valence-electron chi connectivity index (χ3n) is 2.49. The van der Waals surface area contributed by atoms with Crippen molar-refractivity contribution in [3.05, 3.63) is 35.0 Å². The normalized spacial score (nSPS) is 10.3. The van der Waals surface area contributed by atoms with Crippen molar-refractivity contribution in [2.45, 2.75) is 6.61 Å². The molecule has 0 bridgehead atoms. The molecule has 0 saturated heterocycles. The summed E-state index contributed by atoms with van der Waals surface area (Å²) in [5.41, 5.74) is 1.62. The van der Waals surface area contributed by atoms with Gasteiger partial charge in [0.1, 0.15) is 17.5 Å². The Labute approximate surface area is 111 Å². The van der Waals surface area contributed by atoms with Crippen molar-refractivity contribution in [1.82, 2.24) is 4.98 Å². The van der Waals surface area contributed by atoms with E-state index in [9.17, 15) is 0 Å². The molecule has 0 unspecified atom stereocenters. The predicted molar refractivity (Wildman–Crippen MR) is 71.8 cm³/mol. The number of hydrogen-bond donors (Lipinski definition) is 0. The first-order valence-electron chi connectivity index (χ1n) is 5.39. The zero-order valence-corrected chi connectivity index (χ0v) is 10.7. The van der Waals surface area contributed by atoms with E-state index in [-0.39, 0.29) is 6.61 Å². The van der Waals surface area contributed by atoms with Crippen LogP contribution < -0.4 is 4.74 Å². The van der Waals surface area contributed by atoms with E-state index in [1.54, 1.807) is 7.11 Å². The van der Waals surface area contributed by atoms with Crippen LogP contribution in [-0.2, 0) is 11.3 Å². The van der Waals surface area contributed by atoms with E-state index in [2.05, 4.69) is 10.9 Å². The summed E-state index contributed by atoms with van der Waals surface area (Å²) in [5.74, 6) is 3.16. The van der Waals surface area contributed by atoms with E-state index >= 15 is 0 Å². The number of benzene rings is 1. The lowest BCUT2D eigenvalue weighted by atomic mass is 10.1. The molecule has 0 aliphatic heterocycles. The smallest absolute Gasteiger partial charge is 0.135 e. The fourth-order valence-electron chi connectivity index (χ4n) is 1.62. The average Bonchev–Trinajstić information content (AvgIpc) is 2.39. The second-order valence-electron chi connectivity index (χ2n) is 3.69. The van der Waals surface area contributed by atoms with E-state index in [1.165, 1.54) is 0 Å². The molecule has 0 saturated carbocycles. The number of fused-ring (bicyclic) bond motifs is 1. The Kier molecular flexibility index (Phi) is 4.03. The Bertz CT molecular complexity index is 605. The summed E-state index contributed by atoms with van der Waals surface area (Å²) in [5, 5.41) is 1.41. The first kappa shape index (κ1) is 12.7. The van der Waals surface area contributed by atoms with Crippen LogP contribution in [-0.4, -0.2) is 18.7 Å². The highest BCUT2D eigenvalue weighted by molar-refractivity contribution is 6.30. The Morgan fingerprint density at radius 2 is 2.22 bits per heavy atom. The molecule has 18 heavy (non-hydrogen) atoms. The van der Waals surface area contributed by atoms with E-state index < -0.39 is 0 Å². The third-order valence-corrected chi connectivity index (χ3v) is 2.82. The fourth-order valence-corrected chi connectivity index (χ4v) is 1.82. The van der Waals surface area contributed by atoms with Crippen LogP contribution in [0.5, 0.6) is 5.75 Å². The molecule has 3 nitrogen and oxygen atoms in total. The van der Waals surface area contributed by atoms with Crippen molar-refractivity contribution < 1.29 is 9.47 Å². The summed E-state index contributed by atoms with van der Waals surface area (Å²) < 4.78 is 10.4. The van der Waals surface area contributed by atoms with Gasteiger partial charge in [-0.2, -0.15) is 0 Å². The van der Waals surface area contributed by atoms with Crippen LogP contribution in [0.25, 0.3) is 10.9 Å². The van der Waals surface area contributed by atoms with E-state index in [4.69, 9.17) is 27.5 Å². The van der Waals surface area contributed by atoms with Gasteiger partial charge in [-0.15, -0.1) is 6.42 Å². The second kappa shape index (κ2) is 5.72. The topological polar surface area (TPSA) is 31.4 Å². The molecule has 4 heteroatoms. The van der Waals surface area contributed by atoms with E-state index in [0.29, 0.717) is 11.8 Å². The summed E-state index contributed by atoms with van der Waals surface area (Å²) in [6, 6.07) is 7.60. The van der Waals surface area contributed by atoms with Crippen LogP contribution in [0.4, 0.5) is 0 Å². The minimum absolute atomic E-state index is 0.261. The number of terminal acetylenes is 1. The highest BCUT2D eigenvalue weighted by Crippen LogP contribution is 2.24. The molecule has 92 valence electrons. The van der Waals surface area contributed by atoms with Gasteiger partial charge in [0, 0.05) is 17.0 Å². The van der Waals surface area contributed by atoms with E-state index in [1.807, 2.05) is 24.3 Å². The number of rotatable bonds is 4. The van der Waals surface area contributed by atoms with Gasteiger partial charge in [-0.05, 0) is 18.2 Å². The van der Waals surface area contributed by atoms with Crippen molar-refractivity contribution in [2.75, 3.05) is 13.7 Å². The van der Waals surface area contributed by atoms with Crippen LogP contribution in [0.3, 0.4) is 0 Å². The first-order valence-corrected chi connectivity index (χ1v) is 5.77. The van der Waals surface area contributed by atoms with Crippen molar-refractivity contribution in [3.8, 4) is 18.1 Å². The lowest BCUT2D eigenvalue weighted by Gasteiger charge is -2.07. The van der Waals surface area contributed by atoms with Gasteiger partial charge in [-0.1, -0.05) is 17.5 Å². The Hall–Kier alpha value is -1.76. The number of aromatic nitrogens is 1. The minimum Gasteiger partial charge on any atom is -0.497 e. The molecule has 0 N–H and O–H groups in total. The highest BCUT2D eigenvalue weighted by Gasteiger charge is 2.06. The predicted octanol–water partition coefficient (Wildman–Crippen LogP) is 3.05. The molecule has 0 fully saturated rings. The Balaban J connectivity index is 2.34. The van der Waals surface area contributed by atoms with Crippen LogP contribution >= 0.6 is 11.6 Å². The summed E-state index contributed by atoms with van der Waals surface area (Å²) in [7, 11) is 1.62. The molecule has 1 aromatic carbocycles. The first-order chi connectivity index (χ1) is 8.74. The number of halogens is 1. The van der Waals surface area contributed by atoms with Crippen LogP contribution in [0.1, 0.15) is 5.56 Å². The molecule has 0 spiro atoms. The van der Waals surface area contributed by atoms with Gasteiger partial charge in [-0.25, -0.2) is 4.98 Å². The molecule has 2 aromatic rings. The maximum atomic E-state index is 6.09. The summed E-state index contributed by atoms with van der Waals surface area (Å²) in [4.78, 5) is 4.32. The fraction of sp³-hybridized carbons (Fsp3) is 0.214. The number of ether oxygens (including phenoxy) is 2. The number of methoxy groups -OCH3 is 1. The molecule has 2 rings (SSSR count). The molecule has 0 aliphatic rings. The third kappa shape index (κ3) is 2.73. The SMILES string of the molecule is C#CCOCc1cc2ccc(OC)cc2nc1Cl. The molecular weight excluding hydrogens is 250 g/mol. The summed E-state index contributed by atoms with van der Waals surface area (Å²) in [6.07, 6.45) is 5.12. The number of nitrogens with zero attached hydrogens (tertiary/aromatic N) is 1. The quantitative estimate of drug-likeness (QED) is 0.482.